The van der Waals surface area contributed by atoms with Gasteiger partial charge in [-0.05, 0) is 35.0 Å². The van der Waals surface area contributed by atoms with Crippen molar-refractivity contribution in [1.82, 2.24) is 0 Å². The number of nitrogens with one attached hydrogen (secondary N) is 1. The highest BCUT2D eigenvalue weighted by molar-refractivity contribution is 7.86. The molecule has 5 N–H and O–H groups in total. The molecule has 0 heterocycles. The first-order valence-corrected chi connectivity index (χ1v) is 8.00. The molecule has 0 aliphatic heterocycles. The maximum Gasteiger partial charge on any atom is 0.296 e. The van der Waals surface area contributed by atoms with E-state index in [1.807, 2.05) is 0 Å². The van der Waals surface area contributed by atoms with E-state index in [1.54, 1.807) is 0 Å². The molecule has 108 valence electrons. The summed E-state index contributed by atoms with van der Waals surface area (Å²) in [6.45, 7) is 0. The van der Waals surface area contributed by atoms with Gasteiger partial charge in [0.25, 0.3) is 20.2 Å². The van der Waals surface area contributed by atoms with E-state index in [2.05, 4.69) is 5.43 Å². The number of fused-ring (bicyclic) bond motifs is 1. The highest BCUT2D eigenvalue weighted by Crippen LogP contribution is 2.28. The molecule has 0 atom stereocenters. The van der Waals surface area contributed by atoms with E-state index in [-0.39, 0.29) is 16.0 Å². The topological polar surface area (TPSA) is 147 Å². The van der Waals surface area contributed by atoms with E-state index in [1.165, 1.54) is 12.1 Å². The zero-order chi connectivity index (χ0) is 15.1. The van der Waals surface area contributed by atoms with Crippen LogP contribution in [0.15, 0.2) is 40.1 Å². The molecule has 20 heavy (non-hydrogen) atoms. The third kappa shape index (κ3) is 2.73. The van der Waals surface area contributed by atoms with Crippen LogP contribution in [0.4, 0.5) is 5.69 Å². The SMILES string of the molecule is NNc1cc2ccc(S(=O)(=O)O)cc2cc1S(=O)(=O)O. The second-order valence-electron chi connectivity index (χ2n) is 3.95. The summed E-state index contributed by atoms with van der Waals surface area (Å²) in [6, 6.07) is 5.98. The Morgan fingerprint density at radius 1 is 0.900 bits per heavy atom. The van der Waals surface area contributed by atoms with Crippen LogP contribution in [-0.2, 0) is 20.2 Å². The summed E-state index contributed by atoms with van der Waals surface area (Å²) in [7, 11) is -8.95. The van der Waals surface area contributed by atoms with Crippen LogP contribution >= 0.6 is 0 Å². The van der Waals surface area contributed by atoms with Gasteiger partial charge in [-0.25, -0.2) is 0 Å². The fourth-order valence-corrected chi connectivity index (χ4v) is 2.93. The van der Waals surface area contributed by atoms with Gasteiger partial charge in [0.15, 0.2) is 0 Å². The Labute approximate surface area is 114 Å². The number of benzene rings is 2. The van der Waals surface area contributed by atoms with Crippen molar-refractivity contribution in [2.45, 2.75) is 9.79 Å². The summed E-state index contributed by atoms with van der Waals surface area (Å²) >= 11 is 0. The van der Waals surface area contributed by atoms with Gasteiger partial charge in [-0.2, -0.15) is 16.8 Å². The Morgan fingerprint density at radius 2 is 1.55 bits per heavy atom. The quantitative estimate of drug-likeness (QED) is 0.366. The van der Waals surface area contributed by atoms with Crippen LogP contribution < -0.4 is 11.3 Å². The first-order chi connectivity index (χ1) is 9.13. The molecule has 0 aromatic heterocycles. The smallest absolute Gasteiger partial charge is 0.296 e. The predicted molar refractivity (Wildman–Crippen MR) is 71.4 cm³/mol. The molecule has 0 amide bonds. The zero-order valence-corrected chi connectivity index (χ0v) is 11.4. The number of nitrogens with two attached hydrogens (primary N) is 1. The van der Waals surface area contributed by atoms with Crippen molar-refractivity contribution >= 4 is 36.7 Å². The van der Waals surface area contributed by atoms with Gasteiger partial charge in [-0.3, -0.25) is 14.9 Å². The number of nitrogen functional groups attached to an aromatic ring is 1. The monoisotopic (exact) mass is 318 g/mol. The van der Waals surface area contributed by atoms with Gasteiger partial charge in [0, 0.05) is 0 Å². The van der Waals surface area contributed by atoms with Crippen molar-refractivity contribution in [2.24, 2.45) is 5.84 Å². The summed E-state index contributed by atoms with van der Waals surface area (Å²) < 4.78 is 62.6. The Morgan fingerprint density at radius 3 is 2.05 bits per heavy atom. The minimum Gasteiger partial charge on any atom is -0.323 e. The third-order valence-corrected chi connectivity index (χ3v) is 4.38. The fourth-order valence-electron chi connectivity index (χ4n) is 1.74. The minimum atomic E-state index is -4.54. The number of hydrogen-bond donors (Lipinski definition) is 4. The van der Waals surface area contributed by atoms with Crippen molar-refractivity contribution in [3.63, 3.8) is 0 Å². The number of hydrogen-bond acceptors (Lipinski definition) is 6. The van der Waals surface area contributed by atoms with E-state index in [9.17, 15) is 16.8 Å². The second-order valence-corrected chi connectivity index (χ2v) is 6.76. The standard InChI is InChI=1S/C10H10N2O6S2/c11-12-9-4-6-1-2-8(19(13,14)15)3-7(6)5-10(9)20(16,17)18/h1-5,12H,11H2,(H,13,14,15)(H,16,17,18). The summed E-state index contributed by atoms with van der Waals surface area (Å²) in [5, 5.41) is 0.671. The molecule has 0 bridgehead atoms. The third-order valence-electron chi connectivity index (χ3n) is 2.64. The van der Waals surface area contributed by atoms with Crippen LogP contribution in [0.1, 0.15) is 0 Å². The van der Waals surface area contributed by atoms with E-state index < -0.39 is 25.1 Å². The largest absolute Gasteiger partial charge is 0.323 e. The molecule has 10 heteroatoms. The lowest BCUT2D eigenvalue weighted by atomic mass is 10.1. The zero-order valence-electron chi connectivity index (χ0n) is 9.81. The average Bonchev–Trinajstić information content (AvgIpc) is 2.34. The van der Waals surface area contributed by atoms with Crippen LogP contribution in [-0.4, -0.2) is 25.9 Å². The highest BCUT2D eigenvalue weighted by atomic mass is 32.2. The molecule has 0 saturated heterocycles. The molecule has 2 rings (SSSR count). The lowest BCUT2D eigenvalue weighted by Gasteiger charge is -2.09. The molecule has 0 fully saturated rings. The Bertz CT molecular complexity index is 889. The number of hydrazine groups is 1. The van der Waals surface area contributed by atoms with Crippen molar-refractivity contribution in [3.8, 4) is 0 Å². The van der Waals surface area contributed by atoms with Gasteiger partial charge >= 0.3 is 0 Å². The van der Waals surface area contributed by atoms with Crippen LogP contribution in [0.2, 0.25) is 0 Å². The van der Waals surface area contributed by atoms with E-state index in [0.29, 0.717) is 5.39 Å². The molecular formula is C10H10N2O6S2. The minimum absolute atomic E-state index is 0.0420. The second kappa shape index (κ2) is 4.68. The van der Waals surface area contributed by atoms with E-state index in [0.717, 1.165) is 18.2 Å². The van der Waals surface area contributed by atoms with Gasteiger partial charge < -0.3 is 5.43 Å². The maximum atomic E-state index is 11.2. The van der Waals surface area contributed by atoms with E-state index in [4.69, 9.17) is 14.9 Å². The summed E-state index contributed by atoms with van der Waals surface area (Å²) in [4.78, 5) is -0.889. The lowest BCUT2D eigenvalue weighted by molar-refractivity contribution is 0.481. The first kappa shape index (κ1) is 14.7. The molecule has 0 radical (unpaired) electrons. The molecule has 8 nitrogen and oxygen atoms in total. The van der Waals surface area contributed by atoms with Crippen LogP contribution in [0.25, 0.3) is 10.8 Å². The molecule has 0 aliphatic carbocycles. The average molecular weight is 318 g/mol. The van der Waals surface area contributed by atoms with Crippen molar-refractivity contribution < 1.29 is 25.9 Å². The molecule has 2 aromatic carbocycles. The Kier molecular flexibility index (Phi) is 3.44. The number of anilines is 1. The predicted octanol–water partition coefficient (Wildman–Crippen LogP) is 0.619. The van der Waals surface area contributed by atoms with Crippen molar-refractivity contribution in [1.29, 1.82) is 0 Å². The van der Waals surface area contributed by atoms with Crippen LogP contribution in [0.5, 0.6) is 0 Å². The van der Waals surface area contributed by atoms with Gasteiger partial charge in [0.2, 0.25) is 0 Å². The molecule has 0 unspecified atom stereocenters. The van der Waals surface area contributed by atoms with Gasteiger partial charge in [-0.15, -0.1) is 0 Å². The molecular weight excluding hydrogens is 308 g/mol. The summed E-state index contributed by atoms with van der Waals surface area (Å²) in [6.07, 6.45) is 0. The van der Waals surface area contributed by atoms with E-state index >= 15 is 0 Å². The summed E-state index contributed by atoms with van der Waals surface area (Å²) in [5.41, 5.74) is 2.09. The Hall–Kier alpha value is -1.72. The fraction of sp³-hybridized carbons (Fsp3) is 0. The van der Waals surface area contributed by atoms with Crippen LogP contribution in [0.3, 0.4) is 0 Å². The summed E-state index contributed by atoms with van der Waals surface area (Å²) in [5.74, 6) is 5.18. The van der Waals surface area contributed by atoms with Crippen LogP contribution in [0, 0.1) is 0 Å². The Balaban J connectivity index is 2.84. The van der Waals surface area contributed by atoms with Gasteiger partial charge in [0.05, 0.1) is 10.6 Å². The first-order valence-electron chi connectivity index (χ1n) is 5.12. The lowest BCUT2D eigenvalue weighted by Crippen LogP contribution is -2.11. The molecule has 0 saturated carbocycles. The van der Waals surface area contributed by atoms with Gasteiger partial charge in [0.1, 0.15) is 4.90 Å². The molecule has 0 spiro atoms. The van der Waals surface area contributed by atoms with Gasteiger partial charge in [-0.1, -0.05) is 6.07 Å². The highest BCUT2D eigenvalue weighted by Gasteiger charge is 2.17. The molecule has 0 aliphatic rings. The molecule has 2 aromatic rings. The van der Waals surface area contributed by atoms with Crippen molar-refractivity contribution in [2.75, 3.05) is 5.43 Å². The van der Waals surface area contributed by atoms with Crippen molar-refractivity contribution in [3.05, 3.63) is 30.3 Å². The number of rotatable bonds is 3. The maximum absolute atomic E-state index is 11.2. The normalized spacial score (nSPS) is 12.6.